The van der Waals surface area contributed by atoms with E-state index in [1.165, 1.54) is 14.2 Å². The van der Waals surface area contributed by atoms with Gasteiger partial charge in [-0.3, -0.25) is 0 Å². The second-order valence-electron chi connectivity index (χ2n) is 3.30. The first-order chi connectivity index (χ1) is 7.71. The lowest BCUT2D eigenvalue weighted by Crippen LogP contribution is -2.26. The molecule has 0 heterocycles. The van der Waals surface area contributed by atoms with Gasteiger partial charge in [-0.1, -0.05) is 12.1 Å². The third-order valence-corrected chi connectivity index (χ3v) is 2.33. The molecule has 88 valence electrons. The largest absolute Gasteiger partial charge is 0.497 e. The maximum Gasteiger partial charge on any atom is 0.335 e. The van der Waals surface area contributed by atoms with E-state index < -0.39 is 6.10 Å². The van der Waals surface area contributed by atoms with Gasteiger partial charge in [0, 0.05) is 13.5 Å². The summed E-state index contributed by atoms with van der Waals surface area (Å²) in [5.74, 6) is 0.425. The van der Waals surface area contributed by atoms with Crippen molar-refractivity contribution in [2.45, 2.75) is 12.5 Å². The zero-order chi connectivity index (χ0) is 12.0. The van der Waals surface area contributed by atoms with Crippen LogP contribution < -0.4 is 4.74 Å². The Morgan fingerprint density at radius 1 is 1.19 bits per heavy atom. The first-order valence-electron chi connectivity index (χ1n) is 4.94. The highest BCUT2D eigenvalue weighted by Crippen LogP contribution is 2.13. The van der Waals surface area contributed by atoms with Crippen molar-refractivity contribution >= 4 is 5.97 Å². The van der Waals surface area contributed by atoms with Crippen LogP contribution >= 0.6 is 0 Å². The van der Waals surface area contributed by atoms with Crippen LogP contribution in [-0.4, -0.2) is 33.4 Å². The van der Waals surface area contributed by atoms with E-state index in [2.05, 4.69) is 4.74 Å². The van der Waals surface area contributed by atoms with Crippen LogP contribution in [0.3, 0.4) is 0 Å². The highest BCUT2D eigenvalue weighted by Gasteiger charge is 2.18. The molecule has 0 aliphatic rings. The van der Waals surface area contributed by atoms with Gasteiger partial charge >= 0.3 is 5.97 Å². The van der Waals surface area contributed by atoms with Gasteiger partial charge < -0.3 is 14.2 Å². The summed E-state index contributed by atoms with van der Waals surface area (Å²) in [6, 6.07) is 7.49. The lowest BCUT2D eigenvalue weighted by Gasteiger charge is -2.12. The predicted molar refractivity (Wildman–Crippen MR) is 59.5 cm³/mol. The highest BCUT2D eigenvalue weighted by molar-refractivity contribution is 5.74. The Morgan fingerprint density at radius 3 is 2.25 bits per heavy atom. The molecule has 0 fully saturated rings. The van der Waals surface area contributed by atoms with Gasteiger partial charge in [0.15, 0.2) is 6.10 Å². The molecule has 0 aromatic heterocycles. The summed E-state index contributed by atoms with van der Waals surface area (Å²) in [4.78, 5) is 11.3. The van der Waals surface area contributed by atoms with Crippen molar-refractivity contribution in [3.8, 4) is 5.75 Å². The molecule has 0 saturated carbocycles. The fourth-order valence-electron chi connectivity index (χ4n) is 1.37. The van der Waals surface area contributed by atoms with Crippen molar-refractivity contribution in [3.63, 3.8) is 0 Å². The normalized spacial score (nSPS) is 11.9. The number of methoxy groups -OCH3 is 3. The van der Waals surface area contributed by atoms with Crippen LogP contribution in [0.5, 0.6) is 5.75 Å². The first-order valence-corrected chi connectivity index (χ1v) is 4.94. The Hall–Kier alpha value is -1.55. The first kappa shape index (κ1) is 12.5. The number of esters is 1. The van der Waals surface area contributed by atoms with Gasteiger partial charge in [0.2, 0.25) is 0 Å². The van der Waals surface area contributed by atoms with E-state index in [0.717, 1.165) is 11.3 Å². The number of ether oxygens (including phenoxy) is 3. The highest BCUT2D eigenvalue weighted by atomic mass is 16.6. The molecule has 16 heavy (non-hydrogen) atoms. The molecule has 0 amide bonds. The maximum atomic E-state index is 11.3. The topological polar surface area (TPSA) is 44.8 Å². The minimum absolute atomic E-state index is 0.363. The summed E-state index contributed by atoms with van der Waals surface area (Å²) in [5, 5.41) is 0. The van der Waals surface area contributed by atoms with Crippen molar-refractivity contribution in [2.75, 3.05) is 21.3 Å². The lowest BCUT2D eigenvalue weighted by molar-refractivity contribution is -0.152. The molecule has 1 rings (SSSR count). The van der Waals surface area contributed by atoms with Gasteiger partial charge in [-0.2, -0.15) is 0 Å². The maximum absolute atomic E-state index is 11.3. The van der Waals surface area contributed by atoms with Crippen LogP contribution in [-0.2, 0) is 20.7 Å². The van der Waals surface area contributed by atoms with Crippen LogP contribution in [0.25, 0.3) is 0 Å². The molecular weight excluding hydrogens is 208 g/mol. The molecule has 1 atom stereocenters. The molecule has 0 aliphatic heterocycles. The smallest absolute Gasteiger partial charge is 0.335 e. The fourth-order valence-corrected chi connectivity index (χ4v) is 1.37. The van der Waals surface area contributed by atoms with E-state index in [4.69, 9.17) is 9.47 Å². The summed E-state index contributed by atoms with van der Waals surface area (Å²) in [7, 11) is 4.45. The summed E-state index contributed by atoms with van der Waals surface area (Å²) in [6.07, 6.45) is -0.0638. The van der Waals surface area contributed by atoms with Crippen LogP contribution in [0.1, 0.15) is 5.56 Å². The molecule has 1 aromatic rings. The molecule has 0 unspecified atom stereocenters. The van der Waals surface area contributed by atoms with E-state index >= 15 is 0 Å². The number of hydrogen-bond donors (Lipinski definition) is 0. The molecule has 0 aliphatic carbocycles. The third kappa shape index (κ3) is 3.24. The van der Waals surface area contributed by atoms with Crippen LogP contribution in [0.2, 0.25) is 0 Å². The van der Waals surface area contributed by atoms with Gasteiger partial charge in [-0.05, 0) is 17.7 Å². The summed E-state index contributed by atoms with van der Waals surface area (Å²) in [6.45, 7) is 0. The van der Waals surface area contributed by atoms with E-state index in [-0.39, 0.29) is 5.97 Å². The predicted octanol–water partition coefficient (Wildman–Crippen LogP) is 1.43. The van der Waals surface area contributed by atoms with Gasteiger partial charge in [-0.15, -0.1) is 0 Å². The monoisotopic (exact) mass is 224 g/mol. The Labute approximate surface area is 95.1 Å². The minimum atomic E-state index is -0.557. The molecule has 0 spiro atoms. The molecule has 0 radical (unpaired) electrons. The van der Waals surface area contributed by atoms with Crippen molar-refractivity contribution in [1.82, 2.24) is 0 Å². The van der Waals surface area contributed by atoms with Gasteiger partial charge in [0.25, 0.3) is 0 Å². The fraction of sp³-hybridized carbons (Fsp3) is 0.417. The van der Waals surface area contributed by atoms with Crippen LogP contribution in [0.15, 0.2) is 24.3 Å². The van der Waals surface area contributed by atoms with Crippen molar-refractivity contribution in [1.29, 1.82) is 0 Å². The molecule has 4 heteroatoms. The average Bonchev–Trinajstić information content (AvgIpc) is 2.35. The Bertz CT molecular complexity index is 331. The zero-order valence-corrected chi connectivity index (χ0v) is 9.73. The standard InChI is InChI=1S/C12H16O4/c1-14-10-6-4-9(5-7-10)8-11(15-2)12(13)16-3/h4-7,11H,8H2,1-3H3/t11-/m0/s1. The number of benzene rings is 1. The summed E-state index contributed by atoms with van der Waals surface area (Å²) < 4.78 is 14.7. The SMILES string of the molecule is COC(=O)[C@H](Cc1ccc(OC)cc1)OC. The number of hydrogen-bond acceptors (Lipinski definition) is 4. The molecule has 0 N–H and O–H groups in total. The van der Waals surface area contributed by atoms with Crippen LogP contribution in [0, 0.1) is 0 Å². The quantitative estimate of drug-likeness (QED) is 0.710. The van der Waals surface area contributed by atoms with Crippen molar-refractivity contribution in [3.05, 3.63) is 29.8 Å². The Morgan fingerprint density at radius 2 is 1.81 bits per heavy atom. The number of rotatable bonds is 5. The third-order valence-electron chi connectivity index (χ3n) is 2.33. The number of carbonyl (C=O) groups excluding carboxylic acids is 1. The van der Waals surface area contributed by atoms with Gasteiger partial charge in [-0.25, -0.2) is 4.79 Å². The minimum Gasteiger partial charge on any atom is -0.497 e. The van der Waals surface area contributed by atoms with E-state index in [1.807, 2.05) is 24.3 Å². The lowest BCUT2D eigenvalue weighted by atomic mass is 10.1. The molecular formula is C12H16O4. The second-order valence-corrected chi connectivity index (χ2v) is 3.30. The average molecular weight is 224 g/mol. The van der Waals surface area contributed by atoms with Crippen molar-refractivity contribution < 1.29 is 19.0 Å². The number of carbonyl (C=O) groups is 1. The molecule has 4 nitrogen and oxygen atoms in total. The van der Waals surface area contributed by atoms with E-state index in [0.29, 0.717) is 6.42 Å². The Balaban J connectivity index is 2.66. The second kappa shape index (κ2) is 6.12. The van der Waals surface area contributed by atoms with Gasteiger partial charge in [0.05, 0.1) is 14.2 Å². The molecule has 0 saturated heterocycles. The summed E-state index contributed by atoms with van der Waals surface area (Å²) >= 11 is 0. The molecule has 1 aromatic carbocycles. The van der Waals surface area contributed by atoms with Gasteiger partial charge in [0.1, 0.15) is 5.75 Å². The van der Waals surface area contributed by atoms with Crippen LogP contribution in [0.4, 0.5) is 0 Å². The van der Waals surface area contributed by atoms with E-state index in [1.54, 1.807) is 7.11 Å². The van der Waals surface area contributed by atoms with Crippen molar-refractivity contribution in [2.24, 2.45) is 0 Å². The zero-order valence-electron chi connectivity index (χ0n) is 9.73. The Kier molecular flexibility index (Phi) is 4.79. The van der Waals surface area contributed by atoms with E-state index in [9.17, 15) is 4.79 Å². The molecule has 0 bridgehead atoms. The summed E-state index contributed by atoms with van der Waals surface area (Å²) in [5.41, 5.74) is 0.998.